The molecule has 0 amide bonds. The molecule has 0 radical (unpaired) electrons. The molecule has 3 rings (SSSR count). The monoisotopic (exact) mass is 346 g/mol. The molecule has 0 aliphatic heterocycles. The first kappa shape index (κ1) is 14.6. The van der Waals surface area contributed by atoms with Crippen LogP contribution in [0.5, 0.6) is 0 Å². The van der Waals surface area contributed by atoms with Crippen LogP contribution in [0.4, 0.5) is 0 Å². The molecule has 0 spiro atoms. The highest BCUT2D eigenvalue weighted by atomic mass is 79.9. The van der Waals surface area contributed by atoms with Crippen molar-refractivity contribution < 1.29 is 9.53 Å². The quantitative estimate of drug-likeness (QED) is 0.699. The fourth-order valence-corrected chi connectivity index (χ4v) is 4.07. The Morgan fingerprint density at radius 3 is 2.71 bits per heavy atom. The van der Waals surface area contributed by atoms with E-state index in [2.05, 4.69) is 52.3 Å². The molecule has 2 aromatic carbocycles. The number of carbonyl (C=O) groups excluding carboxylic acids is 1. The molecule has 2 aromatic rings. The predicted octanol–water partition coefficient (Wildman–Crippen LogP) is 5.19. The minimum Gasteiger partial charge on any atom is -0.462 e. The molecule has 1 saturated carbocycles. The van der Waals surface area contributed by atoms with Crippen LogP contribution in [-0.2, 0) is 9.53 Å². The van der Waals surface area contributed by atoms with Gasteiger partial charge in [0.15, 0.2) is 0 Å². The number of halogens is 1. The average molecular weight is 347 g/mol. The van der Waals surface area contributed by atoms with Crippen LogP contribution in [0.15, 0.2) is 40.9 Å². The first-order valence-corrected chi connectivity index (χ1v) is 8.30. The molecule has 2 atom stereocenters. The smallest absolute Gasteiger partial charge is 0.302 e. The molecule has 0 heterocycles. The fourth-order valence-electron chi connectivity index (χ4n) is 3.43. The van der Waals surface area contributed by atoms with Crippen LogP contribution in [0.3, 0.4) is 0 Å². The van der Waals surface area contributed by atoms with Gasteiger partial charge in [0.05, 0.1) is 0 Å². The SMILES string of the molecule is CC(=O)O[C@H]1CCCC[C@H]1c1c(Br)ccc2ccccc12. The van der Waals surface area contributed by atoms with E-state index < -0.39 is 0 Å². The zero-order valence-electron chi connectivity index (χ0n) is 12.1. The summed E-state index contributed by atoms with van der Waals surface area (Å²) >= 11 is 3.71. The molecular formula is C18H19BrO2. The van der Waals surface area contributed by atoms with Crippen molar-refractivity contribution in [1.29, 1.82) is 0 Å². The highest BCUT2D eigenvalue weighted by Gasteiger charge is 2.31. The molecule has 0 bridgehead atoms. The van der Waals surface area contributed by atoms with E-state index >= 15 is 0 Å². The topological polar surface area (TPSA) is 26.3 Å². The Bertz CT molecular complexity index is 665. The first-order valence-electron chi connectivity index (χ1n) is 7.51. The Morgan fingerprint density at radius 2 is 1.90 bits per heavy atom. The fraction of sp³-hybridized carbons (Fsp3) is 0.389. The molecule has 1 fully saturated rings. The lowest BCUT2D eigenvalue weighted by Crippen LogP contribution is -2.28. The summed E-state index contributed by atoms with van der Waals surface area (Å²) in [6.07, 6.45) is 4.36. The van der Waals surface area contributed by atoms with Crippen LogP contribution in [0.25, 0.3) is 10.8 Å². The zero-order valence-corrected chi connectivity index (χ0v) is 13.7. The van der Waals surface area contributed by atoms with Crippen molar-refractivity contribution in [2.24, 2.45) is 0 Å². The van der Waals surface area contributed by atoms with Gasteiger partial charge in [-0.05, 0) is 41.7 Å². The number of benzene rings is 2. The van der Waals surface area contributed by atoms with Crippen LogP contribution < -0.4 is 0 Å². The van der Waals surface area contributed by atoms with E-state index in [9.17, 15) is 4.79 Å². The molecular weight excluding hydrogens is 328 g/mol. The number of hydrogen-bond donors (Lipinski definition) is 0. The van der Waals surface area contributed by atoms with Gasteiger partial charge in [-0.2, -0.15) is 0 Å². The van der Waals surface area contributed by atoms with Crippen molar-refractivity contribution in [2.45, 2.75) is 44.6 Å². The van der Waals surface area contributed by atoms with Gasteiger partial charge in [0.25, 0.3) is 0 Å². The molecule has 0 aromatic heterocycles. The molecule has 110 valence electrons. The minimum atomic E-state index is -0.178. The van der Waals surface area contributed by atoms with Gasteiger partial charge in [-0.3, -0.25) is 4.79 Å². The third kappa shape index (κ3) is 2.98. The summed E-state index contributed by atoms with van der Waals surface area (Å²) in [5.41, 5.74) is 1.29. The second-order valence-electron chi connectivity index (χ2n) is 5.72. The van der Waals surface area contributed by atoms with Gasteiger partial charge in [-0.1, -0.05) is 52.7 Å². The lowest BCUT2D eigenvalue weighted by Gasteiger charge is -2.32. The average Bonchev–Trinajstić information content (AvgIpc) is 2.48. The third-order valence-corrected chi connectivity index (χ3v) is 5.00. The second-order valence-corrected chi connectivity index (χ2v) is 6.58. The van der Waals surface area contributed by atoms with Crippen molar-refractivity contribution in [2.75, 3.05) is 0 Å². The number of fused-ring (bicyclic) bond motifs is 1. The maximum atomic E-state index is 11.4. The van der Waals surface area contributed by atoms with E-state index in [4.69, 9.17) is 4.74 Å². The number of carbonyl (C=O) groups is 1. The largest absolute Gasteiger partial charge is 0.462 e. The zero-order chi connectivity index (χ0) is 14.8. The molecule has 0 saturated heterocycles. The second kappa shape index (κ2) is 6.18. The standard InChI is InChI=1S/C18H19BrO2/c1-12(20)21-17-9-5-4-8-15(17)18-14-7-3-2-6-13(14)10-11-16(18)19/h2-3,6-7,10-11,15,17H,4-5,8-9H2,1H3/t15-,17+/m1/s1. The highest BCUT2D eigenvalue weighted by Crippen LogP contribution is 2.41. The Balaban J connectivity index is 2.08. The Morgan fingerprint density at radius 1 is 1.14 bits per heavy atom. The van der Waals surface area contributed by atoms with E-state index in [0.717, 1.165) is 23.7 Å². The summed E-state index contributed by atoms with van der Waals surface area (Å²) in [5, 5.41) is 2.50. The Kier molecular flexibility index (Phi) is 4.29. The van der Waals surface area contributed by atoms with Crippen LogP contribution in [0.2, 0.25) is 0 Å². The molecule has 1 aliphatic rings. The van der Waals surface area contributed by atoms with E-state index in [-0.39, 0.29) is 18.0 Å². The Labute approximate surface area is 133 Å². The van der Waals surface area contributed by atoms with E-state index in [1.165, 1.54) is 29.7 Å². The van der Waals surface area contributed by atoms with Crippen molar-refractivity contribution in [3.05, 3.63) is 46.4 Å². The van der Waals surface area contributed by atoms with E-state index in [0.29, 0.717) is 0 Å². The van der Waals surface area contributed by atoms with Gasteiger partial charge < -0.3 is 4.74 Å². The number of ether oxygens (including phenoxy) is 1. The number of rotatable bonds is 2. The van der Waals surface area contributed by atoms with Crippen LogP contribution in [0, 0.1) is 0 Å². The summed E-state index contributed by atoms with van der Waals surface area (Å²) in [6.45, 7) is 1.50. The highest BCUT2D eigenvalue weighted by molar-refractivity contribution is 9.10. The van der Waals surface area contributed by atoms with Crippen LogP contribution in [0.1, 0.15) is 44.1 Å². The van der Waals surface area contributed by atoms with Crippen molar-refractivity contribution >= 4 is 32.7 Å². The van der Waals surface area contributed by atoms with Gasteiger partial charge in [0.2, 0.25) is 0 Å². The maximum Gasteiger partial charge on any atom is 0.302 e. The van der Waals surface area contributed by atoms with Crippen molar-refractivity contribution in [1.82, 2.24) is 0 Å². The lowest BCUT2D eigenvalue weighted by atomic mass is 9.80. The van der Waals surface area contributed by atoms with Crippen LogP contribution >= 0.6 is 15.9 Å². The normalized spacial score (nSPS) is 22.2. The summed E-state index contributed by atoms with van der Waals surface area (Å²) in [6, 6.07) is 12.7. The van der Waals surface area contributed by atoms with Crippen molar-refractivity contribution in [3.8, 4) is 0 Å². The van der Waals surface area contributed by atoms with E-state index in [1.807, 2.05) is 0 Å². The summed E-state index contributed by atoms with van der Waals surface area (Å²) in [7, 11) is 0. The molecule has 3 heteroatoms. The summed E-state index contributed by atoms with van der Waals surface area (Å²) in [5.74, 6) is 0.103. The van der Waals surface area contributed by atoms with Gasteiger partial charge in [0.1, 0.15) is 6.10 Å². The van der Waals surface area contributed by atoms with Gasteiger partial charge in [-0.25, -0.2) is 0 Å². The molecule has 0 N–H and O–H groups in total. The lowest BCUT2D eigenvalue weighted by molar-refractivity contribution is -0.148. The number of esters is 1. The van der Waals surface area contributed by atoms with Crippen LogP contribution in [-0.4, -0.2) is 12.1 Å². The minimum absolute atomic E-state index is 0.00152. The maximum absolute atomic E-state index is 11.4. The summed E-state index contributed by atoms with van der Waals surface area (Å²) in [4.78, 5) is 11.4. The predicted molar refractivity (Wildman–Crippen MR) is 88.4 cm³/mol. The first-order chi connectivity index (χ1) is 10.2. The van der Waals surface area contributed by atoms with Gasteiger partial charge >= 0.3 is 5.97 Å². The molecule has 21 heavy (non-hydrogen) atoms. The van der Waals surface area contributed by atoms with E-state index in [1.54, 1.807) is 0 Å². The third-order valence-electron chi connectivity index (χ3n) is 4.31. The molecule has 1 aliphatic carbocycles. The Hall–Kier alpha value is -1.35. The number of hydrogen-bond acceptors (Lipinski definition) is 2. The van der Waals surface area contributed by atoms with Gasteiger partial charge in [0, 0.05) is 17.3 Å². The van der Waals surface area contributed by atoms with Crippen molar-refractivity contribution in [3.63, 3.8) is 0 Å². The summed E-state index contributed by atoms with van der Waals surface area (Å²) < 4.78 is 6.72. The molecule has 0 unspecified atom stereocenters. The van der Waals surface area contributed by atoms with Gasteiger partial charge in [-0.15, -0.1) is 0 Å². The molecule has 2 nitrogen and oxygen atoms in total.